The Morgan fingerprint density at radius 1 is 1.50 bits per heavy atom. The molecule has 3 nitrogen and oxygen atoms in total. The molecule has 0 aliphatic heterocycles. The van der Waals surface area contributed by atoms with Crippen molar-refractivity contribution in [3.8, 4) is 5.75 Å². The van der Waals surface area contributed by atoms with Gasteiger partial charge in [-0.1, -0.05) is 6.07 Å². The van der Waals surface area contributed by atoms with Gasteiger partial charge in [0.1, 0.15) is 5.75 Å². The van der Waals surface area contributed by atoms with Crippen LogP contribution in [0.1, 0.15) is 19.4 Å². The topological polar surface area (TPSA) is 47.6 Å². The second-order valence-corrected chi connectivity index (χ2v) is 3.99. The molecule has 0 aromatic heterocycles. The summed E-state index contributed by atoms with van der Waals surface area (Å²) in [5, 5.41) is 3.46. The third kappa shape index (κ3) is 3.03. The van der Waals surface area contributed by atoms with Gasteiger partial charge < -0.3 is 10.6 Å². The van der Waals surface area contributed by atoms with Crippen molar-refractivity contribution in [1.29, 1.82) is 0 Å². The van der Waals surface area contributed by atoms with Crippen molar-refractivity contribution in [2.45, 2.75) is 20.0 Å². The summed E-state index contributed by atoms with van der Waals surface area (Å²) in [4.78, 5) is 0. The maximum atomic E-state index is 5.58. The number of hydrazone groups is 1. The van der Waals surface area contributed by atoms with Crippen LogP contribution in [-0.4, -0.2) is 12.3 Å². The minimum atomic E-state index is 0.149. The maximum Gasteiger partial charge on any atom is 0.134 e. The largest absolute Gasteiger partial charge is 0.490 e. The van der Waals surface area contributed by atoms with Crippen LogP contribution in [0.3, 0.4) is 0 Å². The van der Waals surface area contributed by atoms with E-state index in [1.165, 1.54) is 0 Å². The van der Waals surface area contributed by atoms with Gasteiger partial charge in [0.15, 0.2) is 0 Å². The van der Waals surface area contributed by atoms with E-state index in [9.17, 15) is 0 Å². The molecule has 0 aliphatic rings. The number of halogens is 1. The van der Waals surface area contributed by atoms with Gasteiger partial charge in [0.05, 0.1) is 16.8 Å². The summed E-state index contributed by atoms with van der Waals surface area (Å²) in [5.74, 6) is 5.87. The minimum absolute atomic E-state index is 0.149. The van der Waals surface area contributed by atoms with Crippen molar-refractivity contribution in [2.75, 3.05) is 0 Å². The second-order valence-electron chi connectivity index (χ2n) is 3.13. The lowest BCUT2D eigenvalue weighted by atomic mass is 10.2. The highest BCUT2D eigenvalue weighted by molar-refractivity contribution is 9.10. The van der Waals surface area contributed by atoms with Crippen LogP contribution >= 0.6 is 15.9 Å². The van der Waals surface area contributed by atoms with E-state index in [4.69, 9.17) is 10.6 Å². The summed E-state index contributed by atoms with van der Waals surface area (Å²) < 4.78 is 6.51. The maximum absolute atomic E-state index is 5.58. The normalized spacial score (nSPS) is 11.1. The predicted molar refractivity (Wildman–Crippen MR) is 61.7 cm³/mol. The molecular weight excluding hydrogens is 244 g/mol. The van der Waals surface area contributed by atoms with E-state index in [-0.39, 0.29) is 6.10 Å². The van der Waals surface area contributed by atoms with Gasteiger partial charge in [-0.15, -0.1) is 0 Å². The lowest BCUT2D eigenvalue weighted by Crippen LogP contribution is -2.06. The third-order valence-corrected chi connectivity index (χ3v) is 2.20. The molecule has 2 N–H and O–H groups in total. The van der Waals surface area contributed by atoms with Gasteiger partial charge in [-0.25, -0.2) is 0 Å². The van der Waals surface area contributed by atoms with Crippen LogP contribution in [0, 0.1) is 0 Å². The molecular formula is C10H13BrN2O. The van der Waals surface area contributed by atoms with Crippen molar-refractivity contribution in [3.05, 3.63) is 28.2 Å². The second kappa shape index (κ2) is 5.00. The highest BCUT2D eigenvalue weighted by Crippen LogP contribution is 2.26. The van der Waals surface area contributed by atoms with E-state index in [0.717, 1.165) is 15.8 Å². The van der Waals surface area contributed by atoms with Gasteiger partial charge in [-0.3, -0.25) is 0 Å². The van der Waals surface area contributed by atoms with E-state index < -0.39 is 0 Å². The van der Waals surface area contributed by atoms with Crippen molar-refractivity contribution in [1.82, 2.24) is 0 Å². The van der Waals surface area contributed by atoms with Crippen LogP contribution in [0.4, 0.5) is 0 Å². The number of hydrogen-bond acceptors (Lipinski definition) is 3. The average Bonchev–Trinajstić information content (AvgIpc) is 2.10. The fourth-order valence-corrected chi connectivity index (χ4v) is 1.37. The van der Waals surface area contributed by atoms with Gasteiger partial charge >= 0.3 is 0 Å². The first-order valence-corrected chi connectivity index (χ1v) is 5.12. The van der Waals surface area contributed by atoms with Crippen molar-refractivity contribution < 1.29 is 4.74 Å². The molecule has 0 saturated carbocycles. The SMILES string of the molecule is CC(C)Oc1cc(C=NN)ccc1Br. The van der Waals surface area contributed by atoms with Gasteiger partial charge in [-0.05, 0) is 47.5 Å². The molecule has 0 amide bonds. The molecule has 4 heteroatoms. The van der Waals surface area contributed by atoms with E-state index in [1.807, 2.05) is 32.0 Å². The molecule has 0 aliphatic carbocycles. The van der Waals surface area contributed by atoms with E-state index in [0.29, 0.717) is 0 Å². The molecule has 1 aromatic rings. The zero-order valence-corrected chi connectivity index (χ0v) is 9.78. The molecule has 14 heavy (non-hydrogen) atoms. The highest BCUT2D eigenvalue weighted by atomic mass is 79.9. The molecule has 0 unspecified atom stereocenters. The zero-order valence-electron chi connectivity index (χ0n) is 8.20. The van der Waals surface area contributed by atoms with Crippen LogP contribution in [0.25, 0.3) is 0 Å². The lowest BCUT2D eigenvalue weighted by Gasteiger charge is -2.11. The van der Waals surface area contributed by atoms with Crippen molar-refractivity contribution >= 4 is 22.1 Å². The predicted octanol–water partition coefficient (Wildman–Crippen LogP) is 2.53. The number of nitrogens with zero attached hydrogens (tertiary/aromatic N) is 1. The Balaban J connectivity index is 2.96. The molecule has 0 atom stereocenters. The van der Waals surface area contributed by atoms with Gasteiger partial charge in [-0.2, -0.15) is 5.10 Å². The molecule has 0 spiro atoms. The Bertz CT molecular complexity index is 337. The standard InChI is InChI=1S/C10H13BrN2O/c1-7(2)14-10-5-8(6-13-12)3-4-9(10)11/h3-7H,12H2,1-2H3. The smallest absolute Gasteiger partial charge is 0.134 e. The van der Waals surface area contributed by atoms with E-state index >= 15 is 0 Å². The molecule has 0 heterocycles. The third-order valence-electron chi connectivity index (χ3n) is 1.54. The Hall–Kier alpha value is -1.03. The molecule has 1 aromatic carbocycles. The fraction of sp³-hybridized carbons (Fsp3) is 0.300. The Morgan fingerprint density at radius 2 is 2.21 bits per heavy atom. The molecule has 0 bridgehead atoms. The minimum Gasteiger partial charge on any atom is -0.490 e. The van der Waals surface area contributed by atoms with E-state index in [1.54, 1.807) is 6.21 Å². The fourth-order valence-electron chi connectivity index (χ4n) is 1.03. The van der Waals surface area contributed by atoms with Crippen molar-refractivity contribution in [2.24, 2.45) is 10.9 Å². The molecule has 0 radical (unpaired) electrons. The van der Waals surface area contributed by atoms with Crippen molar-refractivity contribution in [3.63, 3.8) is 0 Å². The number of benzene rings is 1. The molecule has 0 fully saturated rings. The van der Waals surface area contributed by atoms with Gasteiger partial charge in [0.2, 0.25) is 0 Å². The summed E-state index contributed by atoms with van der Waals surface area (Å²) in [5.41, 5.74) is 0.923. The summed E-state index contributed by atoms with van der Waals surface area (Å²) in [6.45, 7) is 3.96. The van der Waals surface area contributed by atoms with Gasteiger partial charge in [0.25, 0.3) is 0 Å². The molecule has 76 valence electrons. The summed E-state index contributed by atoms with van der Waals surface area (Å²) in [6, 6.07) is 5.71. The highest BCUT2D eigenvalue weighted by Gasteiger charge is 2.03. The quantitative estimate of drug-likeness (QED) is 0.514. The first kappa shape index (κ1) is 11.0. The Morgan fingerprint density at radius 3 is 2.79 bits per heavy atom. The molecule has 0 saturated heterocycles. The van der Waals surface area contributed by atoms with Crippen LogP contribution in [-0.2, 0) is 0 Å². The number of ether oxygens (including phenoxy) is 1. The number of nitrogens with two attached hydrogens (primary N) is 1. The van der Waals surface area contributed by atoms with Crippen LogP contribution in [0.5, 0.6) is 5.75 Å². The summed E-state index contributed by atoms with van der Waals surface area (Å²) >= 11 is 3.41. The first-order valence-electron chi connectivity index (χ1n) is 4.33. The number of rotatable bonds is 3. The summed E-state index contributed by atoms with van der Waals surface area (Å²) in [6.07, 6.45) is 1.73. The lowest BCUT2D eigenvalue weighted by molar-refractivity contribution is 0.241. The monoisotopic (exact) mass is 256 g/mol. The Kier molecular flexibility index (Phi) is 3.95. The number of hydrogen-bond donors (Lipinski definition) is 1. The van der Waals surface area contributed by atoms with Gasteiger partial charge in [0, 0.05) is 0 Å². The summed E-state index contributed by atoms with van der Waals surface area (Å²) in [7, 11) is 0. The average molecular weight is 257 g/mol. The Labute approximate surface area is 92.1 Å². The van der Waals surface area contributed by atoms with Crippen LogP contribution in [0.2, 0.25) is 0 Å². The van der Waals surface area contributed by atoms with Crippen LogP contribution < -0.4 is 10.6 Å². The zero-order chi connectivity index (χ0) is 10.6. The molecule has 1 rings (SSSR count). The van der Waals surface area contributed by atoms with Crippen LogP contribution in [0.15, 0.2) is 27.8 Å². The first-order chi connectivity index (χ1) is 6.63. The van der Waals surface area contributed by atoms with E-state index in [2.05, 4.69) is 21.0 Å².